The number of pyridine rings is 1. The Morgan fingerprint density at radius 2 is 1.89 bits per heavy atom. The van der Waals surface area contributed by atoms with Crippen molar-refractivity contribution in [2.24, 2.45) is 12.8 Å². The Morgan fingerprint density at radius 3 is 2.54 bits per heavy atom. The van der Waals surface area contributed by atoms with E-state index in [-0.39, 0.29) is 17.5 Å². The van der Waals surface area contributed by atoms with E-state index in [2.05, 4.69) is 15.0 Å². The second kappa shape index (κ2) is 8.82. The highest BCUT2D eigenvalue weighted by Crippen LogP contribution is 2.32. The second-order valence-corrected chi connectivity index (χ2v) is 8.88. The van der Waals surface area contributed by atoms with Gasteiger partial charge in [0.25, 0.3) is 0 Å². The molecule has 1 saturated heterocycles. The van der Waals surface area contributed by atoms with Crippen LogP contribution in [0.25, 0.3) is 22.3 Å². The van der Waals surface area contributed by atoms with E-state index in [0.717, 1.165) is 11.6 Å². The third-order valence-electron chi connectivity index (χ3n) is 5.96. The number of nitrogens with zero attached hydrogens (tertiary/aromatic N) is 6. The SMILES string of the molecule is Cn1cc(-c2nc3cnc(C(C)(N)O)cc3nc2N2CCC(Oc3ccc(F)cc3F)CC2)cn1. The topological polar surface area (TPSA) is 115 Å². The number of anilines is 1. The molecule has 0 radical (unpaired) electrons. The van der Waals surface area contributed by atoms with Crippen LogP contribution in [0.1, 0.15) is 25.5 Å². The summed E-state index contributed by atoms with van der Waals surface area (Å²) in [6.45, 7) is 2.63. The summed E-state index contributed by atoms with van der Waals surface area (Å²) in [4.78, 5) is 16.0. The number of nitrogens with two attached hydrogens (primary N) is 1. The molecule has 3 aromatic heterocycles. The van der Waals surface area contributed by atoms with Gasteiger partial charge in [0.2, 0.25) is 0 Å². The largest absolute Gasteiger partial charge is 0.487 e. The first kappa shape index (κ1) is 23.1. The number of ether oxygens (including phenoxy) is 1. The van der Waals surface area contributed by atoms with Gasteiger partial charge in [-0.1, -0.05) is 0 Å². The summed E-state index contributed by atoms with van der Waals surface area (Å²) in [5, 5.41) is 14.4. The Bertz CT molecular complexity index is 1380. The summed E-state index contributed by atoms with van der Waals surface area (Å²) in [7, 11) is 1.83. The van der Waals surface area contributed by atoms with E-state index >= 15 is 0 Å². The van der Waals surface area contributed by atoms with Crippen LogP contribution in [-0.4, -0.2) is 49.0 Å². The first-order valence-corrected chi connectivity index (χ1v) is 11.2. The van der Waals surface area contributed by atoms with Gasteiger partial charge >= 0.3 is 0 Å². The average Bonchev–Trinajstić information content (AvgIpc) is 3.25. The molecule has 3 N–H and O–H groups in total. The molecule has 1 unspecified atom stereocenters. The zero-order valence-corrected chi connectivity index (χ0v) is 19.3. The summed E-state index contributed by atoms with van der Waals surface area (Å²) in [6, 6.07) is 4.94. The maximum absolute atomic E-state index is 14.0. The fourth-order valence-corrected chi connectivity index (χ4v) is 4.12. The molecule has 1 aromatic carbocycles. The van der Waals surface area contributed by atoms with Crippen LogP contribution in [0.5, 0.6) is 5.75 Å². The number of piperidine rings is 1. The van der Waals surface area contributed by atoms with Crippen LogP contribution < -0.4 is 15.4 Å². The van der Waals surface area contributed by atoms with Crippen LogP contribution in [0.3, 0.4) is 0 Å². The van der Waals surface area contributed by atoms with Crippen molar-refractivity contribution in [2.45, 2.75) is 31.6 Å². The van der Waals surface area contributed by atoms with Gasteiger partial charge in [0.15, 0.2) is 23.1 Å². The minimum atomic E-state index is -1.61. The molecule has 0 aliphatic carbocycles. The van der Waals surface area contributed by atoms with Crippen LogP contribution in [-0.2, 0) is 12.8 Å². The number of aliphatic hydroxyl groups is 1. The smallest absolute Gasteiger partial charge is 0.167 e. The maximum Gasteiger partial charge on any atom is 0.167 e. The molecule has 1 fully saturated rings. The number of halogens is 2. The Morgan fingerprint density at radius 1 is 1.11 bits per heavy atom. The quantitative estimate of drug-likeness (QED) is 0.418. The highest BCUT2D eigenvalue weighted by Gasteiger charge is 2.27. The molecular weight excluding hydrogens is 456 g/mol. The lowest BCUT2D eigenvalue weighted by molar-refractivity contribution is 0.0602. The number of hydrogen-bond acceptors (Lipinski definition) is 8. The van der Waals surface area contributed by atoms with Crippen LogP contribution in [0.4, 0.5) is 14.6 Å². The van der Waals surface area contributed by atoms with Crippen molar-refractivity contribution in [1.29, 1.82) is 0 Å². The first-order chi connectivity index (χ1) is 16.7. The lowest BCUT2D eigenvalue weighted by Gasteiger charge is -2.33. The highest BCUT2D eigenvalue weighted by atomic mass is 19.1. The van der Waals surface area contributed by atoms with Gasteiger partial charge in [-0.15, -0.1) is 0 Å². The van der Waals surface area contributed by atoms with Crippen molar-refractivity contribution in [3.63, 3.8) is 0 Å². The van der Waals surface area contributed by atoms with Crippen molar-refractivity contribution < 1.29 is 18.6 Å². The monoisotopic (exact) mass is 481 g/mol. The van der Waals surface area contributed by atoms with E-state index in [1.54, 1.807) is 23.1 Å². The normalized spacial score (nSPS) is 16.5. The number of benzene rings is 1. The zero-order chi connectivity index (χ0) is 24.7. The molecule has 9 nitrogen and oxygen atoms in total. The van der Waals surface area contributed by atoms with E-state index < -0.39 is 17.4 Å². The van der Waals surface area contributed by atoms with Crippen molar-refractivity contribution in [3.05, 3.63) is 60.2 Å². The molecule has 1 aliphatic heterocycles. The van der Waals surface area contributed by atoms with Gasteiger partial charge in [0.1, 0.15) is 23.1 Å². The predicted octanol–water partition coefficient (Wildman–Crippen LogP) is 2.88. The Balaban J connectivity index is 1.45. The first-order valence-electron chi connectivity index (χ1n) is 11.2. The Hall–Kier alpha value is -3.70. The second-order valence-electron chi connectivity index (χ2n) is 8.88. The van der Waals surface area contributed by atoms with E-state index in [9.17, 15) is 13.9 Å². The molecule has 4 aromatic rings. The number of aryl methyl sites for hydroxylation is 1. The molecule has 0 amide bonds. The summed E-state index contributed by atoms with van der Waals surface area (Å²) >= 11 is 0. The molecule has 1 aliphatic rings. The van der Waals surface area contributed by atoms with Crippen molar-refractivity contribution in [2.75, 3.05) is 18.0 Å². The third-order valence-corrected chi connectivity index (χ3v) is 5.96. The van der Waals surface area contributed by atoms with Gasteiger partial charge in [-0.2, -0.15) is 5.10 Å². The Labute approximate surface area is 200 Å². The number of hydrogen-bond donors (Lipinski definition) is 2. The van der Waals surface area contributed by atoms with Gasteiger partial charge < -0.3 is 14.7 Å². The van der Waals surface area contributed by atoms with Crippen molar-refractivity contribution in [3.8, 4) is 17.0 Å². The van der Waals surface area contributed by atoms with Gasteiger partial charge in [0, 0.05) is 50.8 Å². The molecular formula is C24H25F2N7O2. The van der Waals surface area contributed by atoms with Crippen LogP contribution in [0, 0.1) is 11.6 Å². The fourth-order valence-electron chi connectivity index (χ4n) is 4.12. The standard InChI is InChI=1S/C24H25F2N7O2/c1-24(27,34)21-10-18-19(12-28-21)30-22(14-11-29-32(2)13-14)23(31-18)33-7-5-16(6-8-33)35-20-4-3-15(25)9-17(20)26/h3-4,9-13,16,34H,5-8,27H2,1-2H3. The molecule has 35 heavy (non-hydrogen) atoms. The van der Waals surface area contributed by atoms with Crippen LogP contribution >= 0.6 is 0 Å². The highest BCUT2D eigenvalue weighted by molar-refractivity contribution is 5.83. The molecule has 0 saturated carbocycles. The molecule has 11 heteroatoms. The van der Waals surface area contributed by atoms with Gasteiger partial charge in [-0.05, 0) is 25.1 Å². The number of aromatic nitrogens is 5. The molecule has 5 rings (SSSR count). The van der Waals surface area contributed by atoms with E-state index in [1.165, 1.54) is 19.1 Å². The summed E-state index contributed by atoms with van der Waals surface area (Å²) in [5.41, 5.74) is 7.06. The van der Waals surface area contributed by atoms with E-state index in [4.69, 9.17) is 20.4 Å². The van der Waals surface area contributed by atoms with E-state index in [1.807, 2.05) is 13.2 Å². The van der Waals surface area contributed by atoms with Crippen molar-refractivity contribution >= 4 is 16.9 Å². The zero-order valence-electron chi connectivity index (χ0n) is 19.3. The fraction of sp³-hybridized carbons (Fsp3) is 0.333. The van der Waals surface area contributed by atoms with Gasteiger partial charge in [0.05, 0.1) is 23.6 Å². The molecule has 182 valence electrons. The maximum atomic E-state index is 14.0. The minimum Gasteiger partial charge on any atom is -0.487 e. The van der Waals surface area contributed by atoms with Gasteiger partial charge in [-0.3, -0.25) is 15.4 Å². The van der Waals surface area contributed by atoms with Crippen LogP contribution in [0.15, 0.2) is 42.9 Å². The third kappa shape index (κ3) is 4.77. The Kier molecular flexibility index (Phi) is 5.81. The average molecular weight is 482 g/mol. The molecule has 1 atom stereocenters. The molecule has 4 heterocycles. The number of rotatable bonds is 5. The lowest BCUT2D eigenvalue weighted by Crippen LogP contribution is -2.39. The molecule has 0 bridgehead atoms. The lowest BCUT2D eigenvalue weighted by atomic mass is 10.1. The molecule has 0 spiro atoms. The summed E-state index contributed by atoms with van der Waals surface area (Å²) < 4.78 is 34.7. The predicted molar refractivity (Wildman–Crippen MR) is 126 cm³/mol. The van der Waals surface area contributed by atoms with Gasteiger partial charge in [-0.25, -0.2) is 18.7 Å². The van der Waals surface area contributed by atoms with Crippen LogP contribution in [0.2, 0.25) is 0 Å². The minimum absolute atomic E-state index is 0.0419. The number of fused-ring (bicyclic) bond motifs is 1. The summed E-state index contributed by atoms with van der Waals surface area (Å²) in [5.74, 6) is -0.658. The summed E-state index contributed by atoms with van der Waals surface area (Å²) in [6.07, 6.45) is 6.13. The van der Waals surface area contributed by atoms with E-state index in [0.29, 0.717) is 48.5 Å². The van der Waals surface area contributed by atoms with Crippen molar-refractivity contribution in [1.82, 2.24) is 24.7 Å².